The second-order valence-corrected chi connectivity index (χ2v) is 2.93. The van der Waals surface area contributed by atoms with E-state index < -0.39 is 0 Å². The molecule has 10 heavy (non-hydrogen) atoms. The van der Waals surface area contributed by atoms with E-state index >= 15 is 0 Å². The van der Waals surface area contributed by atoms with Crippen LogP contribution < -0.4 is 0 Å². The van der Waals surface area contributed by atoms with Gasteiger partial charge in [-0.2, -0.15) is 0 Å². The lowest BCUT2D eigenvalue weighted by Crippen LogP contribution is -2.20. The fourth-order valence-electron chi connectivity index (χ4n) is 0.777. The smallest absolute Gasteiger partial charge is 0.223 e. The summed E-state index contributed by atoms with van der Waals surface area (Å²) >= 11 is 0. The van der Waals surface area contributed by atoms with Crippen molar-refractivity contribution in [3.8, 4) is 0 Å². The van der Waals surface area contributed by atoms with Crippen molar-refractivity contribution in [1.82, 2.24) is 9.80 Å². The minimum atomic E-state index is 0.300. The summed E-state index contributed by atoms with van der Waals surface area (Å²) < 4.78 is 0. The van der Waals surface area contributed by atoms with Crippen molar-refractivity contribution in [1.29, 1.82) is 0 Å². The molecule has 0 aromatic heterocycles. The first-order valence-corrected chi connectivity index (χ1v) is 3.62. The minimum Gasteiger partial charge on any atom is -0.339 e. The Kier molecular flexibility index (Phi) is 2.27. The van der Waals surface area contributed by atoms with Crippen molar-refractivity contribution in [2.24, 2.45) is 0 Å². The van der Waals surface area contributed by atoms with Crippen LogP contribution in [0, 0.1) is 0 Å². The molecule has 3 heteroatoms. The van der Waals surface area contributed by atoms with Crippen molar-refractivity contribution in [2.75, 3.05) is 33.7 Å². The molecule has 1 amide bonds. The Balaban J connectivity index is 2.06. The highest BCUT2D eigenvalue weighted by Gasteiger charge is 2.22. The molecule has 0 spiro atoms. The molecule has 1 heterocycles. The van der Waals surface area contributed by atoms with Crippen LogP contribution in [0.3, 0.4) is 0 Å². The predicted molar refractivity (Wildman–Crippen MR) is 39.8 cm³/mol. The first-order chi connectivity index (χ1) is 4.70. The molecular formula is C7H14N2O. The van der Waals surface area contributed by atoms with E-state index in [1.54, 1.807) is 0 Å². The van der Waals surface area contributed by atoms with E-state index in [-0.39, 0.29) is 0 Å². The number of carbonyl (C=O) groups excluding carboxylic acids is 1. The fraction of sp³-hybridized carbons (Fsp3) is 0.857. The third-order valence-corrected chi connectivity index (χ3v) is 1.57. The average Bonchev–Trinajstić information content (AvgIpc) is 2.63. The monoisotopic (exact) mass is 142 g/mol. The molecule has 1 aliphatic rings. The average molecular weight is 142 g/mol. The van der Waals surface area contributed by atoms with Crippen LogP contribution in [0.2, 0.25) is 0 Å². The molecule has 0 radical (unpaired) electrons. The van der Waals surface area contributed by atoms with Gasteiger partial charge in [-0.1, -0.05) is 0 Å². The Bertz CT molecular complexity index is 130. The van der Waals surface area contributed by atoms with Crippen LogP contribution in [0.4, 0.5) is 0 Å². The first-order valence-electron chi connectivity index (χ1n) is 3.62. The van der Waals surface area contributed by atoms with Crippen LogP contribution in [0.15, 0.2) is 0 Å². The van der Waals surface area contributed by atoms with E-state index in [2.05, 4.69) is 0 Å². The van der Waals surface area contributed by atoms with Crippen LogP contribution in [0.25, 0.3) is 0 Å². The van der Waals surface area contributed by atoms with Gasteiger partial charge >= 0.3 is 0 Å². The van der Waals surface area contributed by atoms with E-state index in [9.17, 15) is 4.79 Å². The molecular weight excluding hydrogens is 128 g/mol. The van der Waals surface area contributed by atoms with Gasteiger partial charge in [0.15, 0.2) is 0 Å². The number of amides is 1. The van der Waals surface area contributed by atoms with Crippen LogP contribution >= 0.6 is 0 Å². The molecule has 0 bridgehead atoms. The Hall–Kier alpha value is -0.570. The van der Waals surface area contributed by atoms with Crippen LogP contribution in [-0.4, -0.2) is 49.4 Å². The molecule has 58 valence electrons. The Morgan fingerprint density at radius 3 is 2.50 bits per heavy atom. The molecule has 1 aliphatic heterocycles. The summed E-state index contributed by atoms with van der Waals surface area (Å²) in [5, 5.41) is 0. The standard InChI is InChI=1S/C7H14N2O/c1-8(2)4-3-7(10)9-5-6-9/h3-6H2,1-2H3. The molecule has 0 aromatic rings. The number of carbonyl (C=O) groups is 1. The van der Waals surface area contributed by atoms with Crippen molar-refractivity contribution >= 4 is 5.91 Å². The SMILES string of the molecule is CN(C)CCC(=O)N1CC1. The van der Waals surface area contributed by atoms with Gasteiger partial charge in [-0.3, -0.25) is 4.79 Å². The lowest BCUT2D eigenvalue weighted by Gasteiger charge is -2.07. The van der Waals surface area contributed by atoms with Gasteiger partial charge in [0.25, 0.3) is 0 Å². The lowest BCUT2D eigenvalue weighted by molar-refractivity contribution is -0.125. The second kappa shape index (κ2) is 3.01. The molecule has 0 aliphatic carbocycles. The van der Waals surface area contributed by atoms with Gasteiger partial charge in [0.05, 0.1) is 0 Å². The summed E-state index contributed by atoms with van der Waals surface area (Å²) in [7, 11) is 3.96. The largest absolute Gasteiger partial charge is 0.339 e. The molecule has 1 rings (SSSR count). The quantitative estimate of drug-likeness (QED) is 0.509. The van der Waals surface area contributed by atoms with Gasteiger partial charge in [-0.15, -0.1) is 0 Å². The second-order valence-electron chi connectivity index (χ2n) is 2.93. The Morgan fingerprint density at radius 1 is 1.50 bits per heavy atom. The molecule has 0 aromatic carbocycles. The highest BCUT2D eigenvalue weighted by Crippen LogP contribution is 2.05. The lowest BCUT2D eigenvalue weighted by atomic mass is 10.4. The molecule has 1 saturated heterocycles. The van der Waals surface area contributed by atoms with Crippen molar-refractivity contribution in [3.63, 3.8) is 0 Å². The third kappa shape index (κ3) is 2.35. The van der Waals surface area contributed by atoms with E-state index in [1.165, 1.54) is 0 Å². The van der Waals surface area contributed by atoms with E-state index in [0.29, 0.717) is 12.3 Å². The van der Waals surface area contributed by atoms with Crippen molar-refractivity contribution in [3.05, 3.63) is 0 Å². The number of hydrogen-bond acceptors (Lipinski definition) is 2. The summed E-state index contributed by atoms with van der Waals surface area (Å²) in [6.07, 6.45) is 0.674. The summed E-state index contributed by atoms with van der Waals surface area (Å²) in [6, 6.07) is 0. The topological polar surface area (TPSA) is 23.3 Å². The van der Waals surface area contributed by atoms with Gasteiger partial charge in [-0.25, -0.2) is 0 Å². The summed E-state index contributed by atoms with van der Waals surface area (Å²) in [5.41, 5.74) is 0. The normalized spacial score (nSPS) is 16.1. The van der Waals surface area contributed by atoms with E-state index in [1.807, 2.05) is 23.9 Å². The third-order valence-electron chi connectivity index (χ3n) is 1.57. The van der Waals surface area contributed by atoms with Crippen molar-refractivity contribution < 1.29 is 4.79 Å². The van der Waals surface area contributed by atoms with Gasteiger partial charge in [0.2, 0.25) is 5.91 Å². The van der Waals surface area contributed by atoms with E-state index in [4.69, 9.17) is 0 Å². The maximum absolute atomic E-state index is 11.0. The summed E-state index contributed by atoms with van der Waals surface area (Å²) in [5.74, 6) is 0.300. The minimum absolute atomic E-state index is 0.300. The highest BCUT2D eigenvalue weighted by atomic mass is 16.2. The highest BCUT2D eigenvalue weighted by molar-refractivity contribution is 5.78. The number of rotatable bonds is 3. The van der Waals surface area contributed by atoms with Gasteiger partial charge in [-0.05, 0) is 14.1 Å². The Morgan fingerprint density at radius 2 is 2.10 bits per heavy atom. The van der Waals surface area contributed by atoms with Gasteiger partial charge < -0.3 is 9.80 Å². The number of hydrogen-bond donors (Lipinski definition) is 0. The Labute approximate surface area is 61.6 Å². The predicted octanol–water partition coefficient (Wildman–Crippen LogP) is -0.220. The van der Waals surface area contributed by atoms with E-state index in [0.717, 1.165) is 19.6 Å². The first kappa shape index (κ1) is 7.54. The van der Waals surface area contributed by atoms with Crippen LogP contribution in [-0.2, 0) is 4.79 Å². The molecule has 0 N–H and O–H groups in total. The molecule has 0 unspecified atom stereocenters. The summed E-state index contributed by atoms with van der Waals surface area (Å²) in [4.78, 5) is 14.9. The fourth-order valence-corrected chi connectivity index (χ4v) is 0.777. The summed E-state index contributed by atoms with van der Waals surface area (Å²) in [6.45, 7) is 2.83. The number of nitrogens with zero attached hydrogens (tertiary/aromatic N) is 2. The zero-order valence-electron chi connectivity index (χ0n) is 6.63. The van der Waals surface area contributed by atoms with Crippen LogP contribution in [0.1, 0.15) is 6.42 Å². The maximum Gasteiger partial charge on any atom is 0.223 e. The van der Waals surface area contributed by atoms with Crippen molar-refractivity contribution in [2.45, 2.75) is 6.42 Å². The zero-order valence-corrected chi connectivity index (χ0v) is 6.63. The molecule has 0 saturated carbocycles. The van der Waals surface area contributed by atoms with Gasteiger partial charge in [0, 0.05) is 26.1 Å². The molecule has 1 fully saturated rings. The zero-order chi connectivity index (χ0) is 7.56. The van der Waals surface area contributed by atoms with Gasteiger partial charge in [0.1, 0.15) is 0 Å². The molecule has 3 nitrogen and oxygen atoms in total. The molecule has 0 atom stereocenters. The maximum atomic E-state index is 11.0. The van der Waals surface area contributed by atoms with Crippen LogP contribution in [0.5, 0.6) is 0 Å².